The maximum atomic E-state index is 13.0. The highest BCUT2D eigenvalue weighted by molar-refractivity contribution is 7.14. The van der Waals surface area contributed by atoms with Crippen molar-refractivity contribution >= 4 is 22.9 Å². The number of thiophene rings is 1. The van der Waals surface area contributed by atoms with E-state index in [4.69, 9.17) is 0 Å². The first-order chi connectivity index (χ1) is 9.30. The van der Waals surface area contributed by atoms with Crippen LogP contribution in [0.5, 0.6) is 0 Å². The summed E-state index contributed by atoms with van der Waals surface area (Å²) in [5.74, 6) is -16.6. The molecule has 0 unspecified atom stereocenters. The van der Waals surface area contributed by atoms with Crippen molar-refractivity contribution in [2.45, 2.75) is 31.4 Å². The highest BCUT2D eigenvalue weighted by atomic mass is 32.1. The minimum absolute atomic E-state index is 0.174. The number of carbonyl (C=O) groups is 2. The highest BCUT2D eigenvalue weighted by Gasteiger charge is 2.75. The Labute approximate surface area is 117 Å². The summed E-state index contributed by atoms with van der Waals surface area (Å²) in [6.45, 7) is 1.55. The molecule has 0 bridgehead atoms. The highest BCUT2D eigenvalue weighted by Crippen LogP contribution is 2.47. The lowest BCUT2D eigenvalue weighted by Gasteiger charge is -2.26. The summed E-state index contributed by atoms with van der Waals surface area (Å²) in [6.07, 6.45) is -8.34. The van der Waals surface area contributed by atoms with Gasteiger partial charge in [0.1, 0.15) is 0 Å². The van der Waals surface area contributed by atoms with Crippen molar-refractivity contribution in [3.05, 3.63) is 21.9 Å². The molecule has 0 saturated carbocycles. The maximum Gasteiger partial charge on any atom is 0.460 e. The summed E-state index contributed by atoms with van der Waals surface area (Å²) in [4.78, 5) is 22.8. The van der Waals surface area contributed by atoms with Gasteiger partial charge in [-0.3, -0.25) is 9.59 Å². The fraction of sp³-hybridized carbons (Fsp3) is 0.455. The van der Waals surface area contributed by atoms with Crippen LogP contribution in [0, 0.1) is 6.92 Å². The Morgan fingerprint density at radius 2 is 1.57 bits per heavy atom. The number of hydrogen-bond acceptors (Lipinski definition) is 3. The molecule has 10 heteroatoms. The second-order valence-corrected chi connectivity index (χ2v) is 5.37. The van der Waals surface area contributed by atoms with Crippen LogP contribution in [0.15, 0.2) is 12.1 Å². The van der Waals surface area contributed by atoms with Gasteiger partial charge in [0.2, 0.25) is 5.78 Å². The summed E-state index contributed by atoms with van der Waals surface area (Å²) in [5.41, 5.74) is 0. The van der Waals surface area contributed by atoms with Gasteiger partial charge in [0.15, 0.2) is 5.78 Å². The summed E-state index contributed by atoms with van der Waals surface area (Å²) in [6, 6.07) is 2.57. The van der Waals surface area contributed by atoms with Crippen molar-refractivity contribution < 1.29 is 40.3 Å². The van der Waals surface area contributed by atoms with Crippen LogP contribution >= 0.6 is 11.3 Å². The number of rotatable bonds is 5. The molecule has 1 aromatic rings. The molecule has 0 aliphatic heterocycles. The molecule has 1 rings (SSSR count). The fourth-order valence-electron chi connectivity index (χ4n) is 1.28. The Hall–Kier alpha value is -1.45. The number of hydrogen-bond donors (Lipinski definition) is 0. The van der Waals surface area contributed by atoms with Crippen LogP contribution in [-0.4, -0.2) is 29.6 Å². The topological polar surface area (TPSA) is 34.1 Å². The van der Waals surface area contributed by atoms with Gasteiger partial charge in [-0.05, 0) is 19.1 Å². The van der Waals surface area contributed by atoms with Gasteiger partial charge in [0, 0.05) is 4.88 Å². The molecule has 0 aromatic carbocycles. The summed E-state index contributed by atoms with van der Waals surface area (Å²) >= 11 is 0.805. The van der Waals surface area contributed by atoms with Crippen LogP contribution in [0.3, 0.4) is 0 Å². The van der Waals surface area contributed by atoms with E-state index in [9.17, 15) is 40.3 Å². The van der Waals surface area contributed by atoms with E-state index < -0.39 is 36.0 Å². The molecule has 2 nitrogen and oxygen atoms in total. The predicted octanol–water partition coefficient (Wildman–Crippen LogP) is 4.03. The van der Waals surface area contributed by atoms with Gasteiger partial charge in [-0.2, -0.15) is 30.7 Å². The number of carbonyl (C=O) groups excluding carboxylic acids is 2. The van der Waals surface area contributed by atoms with Gasteiger partial charge in [-0.25, -0.2) is 0 Å². The molecule has 0 atom stereocenters. The van der Waals surface area contributed by atoms with E-state index in [0.717, 1.165) is 17.4 Å². The summed E-state index contributed by atoms with van der Waals surface area (Å²) in [5, 5.41) is 0. The summed E-state index contributed by atoms with van der Waals surface area (Å²) in [7, 11) is 0. The smallest absolute Gasteiger partial charge is 0.293 e. The Morgan fingerprint density at radius 1 is 1.05 bits per heavy atom. The third-order valence-electron chi connectivity index (χ3n) is 2.44. The number of alkyl halides is 7. The predicted molar refractivity (Wildman–Crippen MR) is 59.0 cm³/mol. The lowest BCUT2D eigenvalue weighted by Crippen LogP contribution is -2.56. The Kier molecular flexibility index (Phi) is 4.52. The molecular weight excluding hydrogens is 329 g/mol. The number of halogens is 7. The Bertz CT molecular complexity index is 559. The standard InChI is InChI=1S/C11H7F7O2S/c1-5-2-3-7(21-5)6(19)4-8(20)9(12,13)10(14,15)11(16,17)18/h2-3H,4H2,1H3. The van der Waals surface area contributed by atoms with E-state index in [1.54, 1.807) is 6.92 Å². The van der Waals surface area contributed by atoms with Gasteiger partial charge in [-0.15, -0.1) is 11.3 Å². The summed E-state index contributed by atoms with van der Waals surface area (Å²) < 4.78 is 86.9. The van der Waals surface area contributed by atoms with Gasteiger partial charge < -0.3 is 0 Å². The largest absolute Gasteiger partial charge is 0.460 e. The zero-order valence-corrected chi connectivity index (χ0v) is 11.0. The molecule has 1 heterocycles. The van der Waals surface area contributed by atoms with Crippen LogP contribution in [0.4, 0.5) is 30.7 Å². The molecule has 21 heavy (non-hydrogen) atoms. The SMILES string of the molecule is Cc1ccc(C(=O)CC(=O)C(F)(F)C(F)(F)C(F)(F)F)s1. The Morgan fingerprint density at radius 3 is 1.95 bits per heavy atom. The number of ketones is 2. The molecule has 118 valence electrons. The van der Waals surface area contributed by atoms with Crippen LogP contribution in [-0.2, 0) is 4.79 Å². The number of aryl methyl sites for hydroxylation is 1. The average molecular weight is 336 g/mol. The average Bonchev–Trinajstić information content (AvgIpc) is 2.74. The third kappa shape index (κ3) is 3.25. The van der Waals surface area contributed by atoms with Crippen LogP contribution in [0.2, 0.25) is 0 Å². The van der Waals surface area contributed by atoms with Gasteiger partial charge >= 0.3 is 18.0 Å². The minimum Gasteiger partial charge on any atom is -0.293 e. The monoisotopic (exact) mass is 336 g/mol. The van der Waals surface area contributed by atoms with Gasteiger partial charge in [0.05, 0.1) is 11.3 Å². The van der Waals surface area contributed by atoms with E-state index in [-0.39, 0.29) is 4.88 Å². The van der Waals surface area contributed by atoms with Crippen LogP contribution in [0.25, 0.3) is 0 Å². The molecule has 0 saturated heterocycles. The molecule has 0 fully saturated rings. The van der Waals surface area contributed by atoms with Crippen LogP contribution in [0.1, 0.15) is 21.0 Å². The second kappa shape index (κ2) is 5.39. The molecular formula is C11H7F7O2S. The molecule has 0 radical (unpaired) electrons. The lowest BCUT2D eigenvalue weighted by atomic mass is 10.0. The zero-order chi connectivity index (χ0) is 16.6. The molecule has 0 aliphatic carbocycles. The van der Waals surface area contributed by atoms with Crippen molar-refractivity contribution in [1.29, 1.82) is 0 Å². The molecule has 0 N–H and O–H groups in total. The van der Waals surface area contributed by atoms with Gasteiger partial charge in [0.25, 0.3) is 0 Å². The van der Waals surface area contributed by atoms with E-state index in [1.807, 2.05) is 0 Å². The van der Waals surface area contributed by atoms with Crippen molar-refractivity contribution in [1.82, 2.24) is 0 Å². The zero-order valence-electron chi connectivity index (χ0n) is 10.2. The minimum atomic E-state index is -6.60. The first-order valence-electron chi connectivity index (χ1n) is 5.26. The van der Waals surface area contributed by atoms with E-state index in [0.29, 0.717) is 4.88 Å². The van der Waals surface area contributed by atoms with Crippen molar-refractivity contribution in [2.24, 2.45) is 0 Å². The maximum absolute atomic E-state index is 13.0. The molecule has 0 aliphatic rings. The van der Waals surface area contributed by atoms with Crippen molar-refractivity contribution in [3.63, 3.8) is 0 Å². The quantitative estimate of drug-likeness (QED) is 0.462. The van der Waals surface area contributed by atoms with Crippen molar-refractivity contribution in [2.75, 3.05) is 0 Å². The van der Waals surface area contributed by atoms with E-state index in [1.165, 1.54) is 6.07 Å². The normalized spacial score (nSPS) is 13.3. The van der Waals surface area contributed by atoms with Crippen LogP contribution < -0.4 is 0 Å². The van der Waals surface area contributed by atoms with E-state index >= 15 is 0 Å². The Balaban J connectivity index is 2.95. The second-order valence-electron chi connectivity index (χ2n) is 4.08. The van der Waals surface area contributed by atoms with Gasteiger partial charge in [-0.1, -0.05) is 0 Å². The van der Waals surface area contributed by atoms with Crippen molar-refractivity contribution in [3.8, 4) is 0 Å². The lowest BCUT2D eigenvalue weighted by molar-refractivity contribution is -0.343. The number of Topliss-reactive ketones (excluding diaryl/α,β-unsaturated/α-hetero) is 2. The fourth-order valence-corrected chi connectivity index (χ4v) is 2.09. The first kappa shape index (κ1) is 17.6. The molecule has 0 amide bonds. The molecule has 0 spiro atoms. The molecule has 1 aromatic heterocycles. The van der Waals surface area contributed by atoms with E-state index in [2.05, 4.69) is 0 Å². The third-order valence-corrected chi connectivity index (χ3v) is 3.48. The first-order valence-corrected chi connectivity index (χ1v) is 6.07.